The Labute approximate surface area is 133 Å². The fraction of sp³-hybridized carbons (Fsp3) is 0.500. The maximum atomic E-state index is 12.9. The molecular formula is C16H19FN4S. The van der Waals surface area contributed by atoms with E-state index in [4.69, 9.17) is 0 Å². The van der Waals surface area contributed by atoms with Crippen LogP contribution in [-0.4, -0.2) is 40.4 Å². The molecule has 4 nitrogen and oxygen atoms in total. The SMILES string of the molecule is Fc1ccc(CN2CCN(c3nc(C4CC4)ns3)CC2)cc1. The van der Waals surface area contributed by atoms with Gasteiger partial charge in [-0.3, -0.25) is 4.90 Å². The van der Waals surface area contributed by atoms with Crippen molar-refractivity contribution in [1.29, 1.82) is 0 Å². The van der Waals surface area contributed by atoms with E-state index in [0.29, 0.717) is 5.92 Å². The van der Waals surface area contributed by atoms with Gasteiger partial charge >= 0.3 is 0 Å². The van der Waals surface area contributed by atoms with Crippen molar-refractivity contribution < 1.29 is 4.39 Å². The van der Waals surface area contributed by atoms with Crippen LogP contribution in [-0.2, 0) is 6.54 Å². The van der Waals surface area contributed by atoms with Crippen molar-refractivity contribution in [2.45, 2.75) is 25.3 Å². The first-order chi connectivity index (χ1) is 10.8. The van der Waals surface area contributed by atoms with Gasteiger partial charge in [0.05, 0.1) is 0 Å². The summed E-state index contributed by atoms with van der Waals surface area (Å²) in [6, 6.07) is 6.81. The number of anilines is 1. The Hall–Kier alpha value is -1.53. The highest BCUT2D eigenvalue weighted by molar-refractivity contribution is 7.09. The molecule has 1 aliphatic carbocycles. The van der Waals surface area contributed by atoms with Crippen LogP contribution in [0.15, 0.2) is 24.3 Å². The Bertz CT molecular complexity index is 630. The molecule has 0 unspecified atom stereocenters. The predicted octanol–water partition coefficient (Wildman–Crippen LogP) is 2.88. The zero-order valence-electron chi connectivity index (χ0n) is 12.4. The first kappa shape index (κ1) is 14.1. The van der Waals surface area contributed by atoms with Gasteiger partial charge in [0.2, 0.25) is 5.13 Å². The Morgan fingerprint density at radius 2 is 1.82 bits per heavy atom. The zero-order chi connectivity index (χ0) is 14.9. The maximum Gasteiger partial charge on any atom is 0.205 e. The van der Waals surface area contributed by atoms with Gasteiger partial charge in [-0.15, -0.1) is 0 Å². The molecule has 22 heavy (non-hydrogen) atoms. The highest BCUT2D eigenvalue weighted by Gasteiger charge is 2.29. The Morgan fingerprint density at radius 1 is 1.09 bits per heavy atom. The lowest BCUT2D eigenvalue weighted by atomic mass is 10.2. The number of rotatable bonds is 4. The summed E-state index contributed by atoms with van der Waals surface area (Å²) in [6.07, 6.45) is 2.50. The summed E-state index contributed by atoms with van der Waals surface area (Å²) in [7, 11) is 0. The lowest BCUT2D eigenvalue weighted by molar-refractivity contribution is 0.249. The van der Waals surface area contributed by atoms with Crippen LogP contribution >= 0.6 is 11.5 Å². The Kier molecular flexibility index (Phi) is 3.80. The Morgan fingerprint density at radius 3 is 2.50 bits per heavy atom. The number of halogens is 1. The van der Waals surface area contributed by atoms with Gasteiger partial charge in [-0.05, 0) is 30.5 Å². The van der Waals surface area contributed by atoms with Gasteiger partial charge in [-0.2, -0.15) is 4.37 Å². The number of aromatic nitrogens is 2. The quantitative estimate of drug-likeness (QED) is 0.868. The molecule has 2 fully saturated rings. The molecule has 4 rings (SSSR count). The van der Waals surface area contributed by atoms with Crippen molar-refractivity contribution in [2.24, 2.45) is 0 Å². The van der Waals surface area contributed by atoms with Crippen LogP contribution in [0.1, 0.15) is 30.1 Å². The van der Waals surface area contributed by atoms with E-state index in [1.807, 2.05) is 12.1 Å². The molecule has 1 saturated carbocycles. The van der Waals surface area contributed by atoms with Crippen molar-refractivity contribution in [3.8, 4) is 0 Å². The van der Waals surface area contributed by atoms with Crippen molar-refractivity contribution in [3.05, 3.63) is 41.5 Å². The minimum atomic E-state index is -0.170. The third-order valence-corrected chi connectivity index (χ3v) is 5.13. The highest BCUT2D eigenvalue weighted by Crippen LogP contribution is 2.39. The lowest BCUT2D eigenvalue weighted by Gasteiger charge is -2.34. The average Bonchev–Trinajstić information content (AvgIpc) is 3.28. The first-order valence-corrected chi connectivity index (χ1v) is 8.60. The summed E-state index contributed by atoms with van der Waals surface area (Å²) in [4.78, 5) is 9.44. The number of nitrogens with zero attached hydrogens (tertiary/aromatic N) is 4. The van der Waals surface area contributed by atoms with Crippen molar-refractivity contribution in [2.75, 3.05) is 31.1 Å². The normalized spacial score (nSPS) is 19.6. The second-order valence-corrected chi connectivity index (χ2v) is 6.83. The summed E-state index contributed by atoms with van der Waals surface area (Å²) in [6.45, 7) is 4.88. The van der Waals surface area contributed by atoms with E-state index < -0.39 is 0 Å². The zero-order valence-corrected chi connectivity index (χ0v) is 13.2. The molecule has 0 amide bonds. The van der Waals surface area contributed by atoms with Gasteiger partial charge in [0.1, 0.15) is 11.6 Å². The summed E-state index contributed by atoms with van der Waals surface area (Å²) in [5.41, 5.74) is 1.17. The van der Waals surface area contributed by atoms with Crippen LogP contribution in [0.25, 0.3) is 0 Å². The first-order valence-electron chi connectivity index (χ1n) is 7.83. The summed E-state index contributed by atoms with van der Waals surface area (Å²) in [5, 5.41) is 1.07. The molecular weight excluding hydrogens is 299 g/mol. The van der Waals surface area contributed by atoms with E-state index in [2.05, 4.69) is 19.2 Å². The van der Waals surface area contributed by atoms with Gasteiger partial charge in [0.15, 0.2) is 0 Å². The minimum absolute atomic E-state index is 0.170. The molecule has 116 valence electrons. The number of benzene rings is 1. The minimum Gasteiger partial charge on any atom is -0.344 e. The van der Waals surface area contributed by atoms with Gasteiger partial charge in [0.25, 0.3) is 0 Å². The van der Waals surface area contributed by atoms with Crippen LogP contribution < -0.4 is 4.90 Å². The number of piperazine rings is 1. The van der Waals surface area contributed by atoms with E-state index in [0.717, 1.165) is 43.7 Å². The van der Waals surface area contributed by atoms with Gasteiger partial charge in [-0.25, -0.2) is 9.37 Å². The summed E-state index contributed by atoms with van der Waals surface area (Å²) >= 11 is 1.54. The van der Waals surface area contributed by atoms with Crippen molar-refractivity contribution >= 4 is 16.7 Å². The van der Waals surface area contributed by atoms with Gasteiger partial charge < -0.3 is 4.90 Å². The molecule has 1 aromatic carbocycles. The third kappa shape index (κ3) is 3.13. The predicted molar refractivity (Wildman–Crippen MR) is 85.8 cm³/mol. The second-order valence-electron chi connectivity index (χ2n) is 6.10. The molecule has 2 aliphatic rings. The molecule has 1 aliphatic heterocycles. The summed E-state index contributed by atoms with van der Waals surface area (Å²) in [5.74, 6) is 1.51. The Balaban J connectivity index is 1.32. The molecule has 1 saturated heterocycles. The second kappa shape index (κ2) is 5.93. The summed E-state index contributed by atoms with van der Waals surface area (Å²) < 4.78 is 17.4. The molecule has 0 N–H and O–H groups in total. The third-order valence-electron chi connectivity index (χ3n) is 4.34. The van der Waals surface area contributed by atoms with Gasteiger partial charge in [0, 0.05) is 50.2 Å². The molecule has 0 atom stereocenters. The average molecular weight is 318 g/mol. The molecule has 0 bridgehead atoms. The standard InChI is InChI=1S/C16H19FN4S/c17-14-5-1-12(2-6-14)11-20-7-9-21(10-8-20)16-18-15(19-22-16)13-3-4-13/h1-2,5-6,13H,3-4,7-11H2. The smallest absolute Gasteiger partial charge is 0.205 e. The van der Waals surface area contributed by atoms with Gasteiger partial charge in [-0.1, -0.05) is 12.1 Å². The van der Waals surface area contributed by atoms with Crippen LogP contribution in [0, 0.1) is 5.82 Å². The molecule has 0 radical (unpaired) electrons. The van der Waals surface area contributed by atoms with Crippen molar-refractivity contribution in [1.82, 2.24) is 14.3 Å². The van der Waals surface area contributed by atoms with E-state index >= 15 is 0 Å². The number of hydrogen-bond donors (Lipinski definition) is 0. The molecule has 1 aromatic heterocycles. The largest absolute Gasteiger partial charge is 0.344 e. The molecule has 2 heterocycles. The topological polar surface area (TPSA) is 32.3 Å². The molecule has 2 aromatic rings. The van der Waals surface area contributed by atoms with E-state index in [1.54, 1.807) is 0 Å². The molecule has 6 heteroatoms. The van der Waals surface area contributed by atoms with Crippen molar-refractivity contribution in [3.63, 3.8) is 0 Å². The van der Waals surface area contributed by atoms with E-state index in [9.17, 15) is 4.39 Å². The van der Waals surface area contributed by atoms with Crippen LogP contribution in [0.3, 0.4) is 0 Å². The van der Waals surface area contributed by atoms with Crippen LogP contribution in [0.4, 0.5) is 9.52 Å². The highest BCUT2D eigenvalue weighted by atomic mass is 32.1. The maximum absolute atomic E-state index is 12.9. The van der Waals surface area contributed by atoms with Crippen LogP contribution in [0.2, 0.25) is 0 Å². The fourth-order valence-electron chi connectivity index (χ4n) is 2.81. The van der Waals surface area contributed by atoms with E-state index in [-0.39, 0.29) is 5.82 Å². The van der Waals surface area contributed by atoms with Crippen LogP contribution in [0.5, 0.6) is 0 Å². The molecule has 0 spiro atoms. The van der Waals surface area contributed by atoms with E-state index in [1.165, 1.54) is 42.1 Å². The number of hydrogen-bond acceptors (Lipinski definition) is 5. The monoisotopic (exact) mass is 318 g/mol. The lowest BCUT2D eigenvalue weighted by Crippen LogP contribution is -2.45. The fourth-order valence-corrected chi connectivity index (χ4v) is 3.60.